The number of aryl methyl sites for hydroxylation is 1. The number of fused-ring (bicyclic) bond motifs is 1. The summed E-state index contributed by atoms with van der Waals surface area (Å²) in [7, 11) is -3.63. The van der Waals surface area contributed by atoms with Crippen LogP contribution in [0.4, 0.5) is 11.8 Å². The van der Waals surface area contributed by atoms with E-state index in [0.29, 0.717) is 37.6 Å². The van der Waals surface area contributed by atoms with Crippen LogP contribution in [0.25, 0.3) is 10.9 Å². The molecule has 31 heavy (non-hydrogen) atoms. The standard InChI is InChI=1S/C22H26N6O2S/c1-17-16-20(26-10-2-3-11-26)25-22(24-17)27-12-14-28(15-13-27)31(29,30)19-8-4-6-18-7-5-9-23-21(18)19/h4-9,16H,2-3,10-15H2,1H3. The average molecular weight is 439 g/mol. The molecule has 0 spiro atoms. The summed E-state index contributed by atoms with van der Waals surface area (Å²) < 4.78 is 28.3. The third kappa shape index (κ3) is 3.83. The van der Waals surface area contributed by atoms with Crippen molar-refractivity contribution in [2.24, 2.45) is 0 Å². The van der Waals surface area contributed by atoms with Crippen LogP contribution in [0.2, 0.25) is 0 Å². The minimum atomic E-state index is -3.63. The second-order valence-electron chi connectivity index (χ2n) is 8.08. The fourth-order valence-electron chi connectivity index (χ4n) is 4.34. The van der Waals surface area contributed by atoms with Gasteiger partial charge < -0.3 is 9.80 Å². The van der Waals surface area contributed by atoms with Gasteiger partial charge in [0, 0.05) is 62.6 Å². The van der Waals surface area contributed by atoms with Crippen LogP contribution in [0.15, 0.2) is 47.5 Å². The monoisotopic (exact) mass is 438 g/mol. The summed E-state index contributed by atoms with van der Waals surface area (Å²) in [6.45, 7) is 5.94. The van der Waals surface area contributed by atoms with Gasteiger partial charge in [-0.25, -0.2) is 13.4 Å². The highest BCUT2D eigenvalue weighted by atomic mass is 32.2. The van der Waals surface area contributed by atoms with Crippen LogP contribution in [-0.4, -0.2) is 66.9 Å². The first-order valence-corrected chi connectivity index (χ1v) is 12.2. The number of piperazine rings is 1. The third-order valence-electron chi connectivity index (χ3n) is 5.99. The molecule has 0 atom stereocenters. The Morgan fingerprint density at radius 1 is 0.871 bits per heavy atom. The van der Waals surface area contributed by atoms with E-state index < -0.39 is 10.0 Å². The lowest BCUT2D eigenvalue weighted by atomic mass is 10.2. The summed E-state index contributed by atoms with van der Waals surface area (Å²) in [5, 5.41) is 0.824. The molecule has 9 heteroatoms. The quantitative estimate of drug-likeness (QED) is 0.619. The van der Waals surface area contributed by atoms with Gasteiger partial charge in [-0.2, -0.15) is 9.29 Å². The predicted octanol–water partition coefficient (Wildman–Crippen LogP) is 2.44. The van der Waals surface area contributed by atoms with Gasteiger partial charge in [-0.1, -0.05) is 18.2 Å². The van der Waals surface area contributed by atoms with E-state index in [-0.39, 0.29) is 4.90 Å². The van der Waals surface area contributed by atoms with Gasteiger partial charge in [0.25, 0.3) is 0 Å². The summed E-state index contributed by atoms with van der Waals surface area (Å²) >= 11 is 0. The molecule has 2 aliphatic heterocycles. The molecule has 2 aromatic heterocycles. The van der Waals surface area contributed by atoms with Crippen molar-refractivity contribution in [2.75, 3.05) is 49.1 Å². The Bertz CT molecular complexity index is 1200. The van der Waals surface area contributed by atoms with Crippen molar-refractivity contribution in [2.45, 2.75) is 24.7 Å². The highest BCUT2D eigenvalue weighted by Gasteiger charge is 2.31. The number of benzene rings is 1. The number of para-hydroxylation sites is 1. The van der Waals surface area contributed by atoms with E-state index in [1.807, 2.05) is 31.2 Å². The van der Waals surface area contributed by atoms with Crippen molar-refractivity contribution in [3.05, 3.63) is 48.3 Å². The summed E-state index contributed by atoms with van der Waals surface area (Å²) in [4.78, 5) is 18.4. The van der Waals surface area contributed by atoms with Gasteiger partial charge in [0.15, 0.2) is 0 Å². The van der Waals surface area contributed by atoms with E-state index in [1.54, 1.807) is 22.6 Å². The molecule has 0 unspecified atom stereocenters. The van der Waals surface area contributed by atoms with Crippen molar-refractivity contribution in [3.63, 3.8) is 0 Å². The molecule has 3 aromatic rings. The van der Waals surface area contributed by atoms with Crippen LogP contribution in [0.5, 0.6) is 0 Å². The molecule has 8 nitrogen and oxygen atoms in total. The molecular weight excluding hydrogens is 412 g/mol. The third-order valence-corrected chi connectivity index (χ3v) is 7.92. The van der Waals surface area contributed by atoms with Crippen molar-refractivity contribution in [3.8, 4) is 0 Å². The Morgan fingerprint density at radius 3 is 2.39 bits per heavy atom. The van der Waals surface area contributed by atoms with E-state index in [2.05, 4.69) is 19.8 Å². The van der Waals surface area contributed by atoms with Crippen molar-refractivity contribution >= 4 is 32.7 Å². The fraction of sp³-hybridized carbons (Fsp3) is 0.409. The Hall–Kier alpha value is -2.78. The van der Waals surface area contributed by atoms with E-state index in [4.69, 9.17) is 4.98 Å². The number of sulfonamides is 1. The molecule has 0 aliphatic carbocycles. The lowest BCUT2D eigenvalue weighted by Crippen LogP contribution is -2.49. The largest absolute Gasteiger partial charge is 0.356 e. The molecule has 0 N–H and O–H groups in total. The molecular formula is C22H26N6O2S. The number of anilines is 2. The van der Waals surface area contributed by atoms with Gasteiger partial charge in [-0.15, -0.1) is 0 Å². The van der Waals surface area contributed by atoms with E-state index in [1.165, 1.54) is 12.8 Å². The summed E-state index contributed by atoms with van der Waals surface area (Å²) in [6, 6.07) is 11.0. The van der Waals surface area contributed by atoms with Crippen molar-refractivity contribution < 1.29 is 8.42 Å². The van der Waals surface area contributed by atoms with Crippen LogP contribution < -0.4 is 9.80 Å². The average Bonchev–Trinajstić information content (AvgIpc) is 3.33. The molecule has 162 valence electrons. The minimum absolute atomic E-state index is 0.266. The normalized spacial score (nSPS) is 18.1. The second kappa shape index (κ2) is 8.05. The zero-order chi connectivity index (χ0) is 21.4. The maximum absolute atomic E-state index is 13.4. The second-order valence-corrected chi connectivity index (χ2v) is 9.99. The Balaban J connectivity index is 1.36. The molecule has 2 saturated heterocycles. The number of nitrogens with zero attached hydrogens (tertiary/aromatic N) is 6. The van der Waals surface area contributed by atoms with Crippen LogP contribution in [0.3, 0.4) is 0 Å². The fourth-order valence-corrected chi connectivity index (χ4v) is 5.93. The molecule has 0 amide bonds. The van der Waals surface area contributed by atoms with Gasteiger partial charge in [-0.05, 0) is 31.9 Å². The number of rotatable bonds is 4. The van der Waals surface area contributed by atoms with Gasteiger partial charge >= 0.3 is 0 Å². The minimum Gasteiger partial charge on any atom is -0.356 e. The highest BCUT2D eigenvalue weighted by Crippen LogP contribution is 2.26. The maximum atomic E-state index is 13.4. The molecule has 0 bridgehead atoms. The van der Waals surface area contributed by atoms with Crippen LogP contribution in [-0.2, 0) is 10.0 Å². The SMILES string of the molecule is Cc1cc(N2CCCC2)nc(N2CCN(S(=O)(=O)c3cccc4cccnc34)CC2)n1. The van der Waals surface area contributed by atoms with Gasteiger partial charge in [-0.3, -0.25) is 4.98 Å². The number of hydrogen-bond donors (Lipinski definition) is 0. The lowest BCUT2D eigenvalue weighted by Gasteiger charge is -2.34. The molecule has 2 fully saturated rings. The smallest absolute Gasteiger partial charge is 0.245 e. The van der Waals surface area contributed by atoms with Crippen molar-refractivity contribution in [1.82, 2.24) is 19.3 Å². The van der Waals surface area contributed by atoms with E-state index in [0.717, 1.165) is 30.0 Å². The zero-order valence-electron chi connectivity index (χ0n) is 17.6. The van der Waals surface area contributed by atoms with Crippen LogP contribution >= 0.6 is 0 Å². The first-order valence-electron chi connectivity index (χ1n) is 10.7. The van der Waals surface area contributed by atoms with Crippen LogP contribution in [0, 0.1) is 6.92 Å². The zero-order valence-corrected chi connectivity index (χ0v) is 18.4. The summed E-state index contributed by atoms with van der Waals surface area (Å²) in [5.41, 5.74) is 1.45. The summed E-state index contributed by atoms with van der Waals surface area (Å²) in [5.74, 6) is 1.66. The van der Waals surface area contributed by atoms with E-state index >= 15 is 0 Å². The molecule has 2 aliphatic rings. The first-order chi connectivity index (χ1) is 15.0. The summed E-state index contributed by atoms with van der Waals surface area (Å²) in [6.07, 6.45) is 4.02. The predicted molar refractivity (Wildman–Crippen MR) is 121 cm³/mol. The molecule has 0 radical (unpaired) electrons. The lowest BCUT2D eigenvalue weighted by molar-refractivity contribution is 0.383. The molecule has 4 heterocycles. The highest BCUT2D eigenvalue weighted by molar-refractivity contribution is 7.89. The molecule has 1 aromatic carbocycles. The van der Waals surface area contributed by atoms with Crippen molar-refractivity contribution in [1.29, 1.82) is 0 Å². The van der Waals surface area contributed by atoms with Gasteiger partial charge in [0.1, 0.15) is 10.7 Å². The number of aromatic nitrogens is 3. The van der Waals surface area contributed by atoms with Crippen LogP contribution in [0.1, 0.15) is 18.5 Å². The molecule has 5 rings (SSSR count). The van der Waals surface area contributed by atoms with Gasteiger partial charge in [0.05, 0.1) is 5.52 Å². The van der Waals surface area contributed by atoms with Gasteiger partial charge in [0.2, 0.25) is 16.0 Å². The first kappa shape index (κ1) is 20.1. The van der Waals surface area contributed by atoms with E-state index in [9.17, 15) is 8.42 Å². The topological polar surface area (TPSA) is 82.5 Å². The molecule has 0 saturated carbocycles. The number of hydrogen-bond acceptors (Lipinski definition) is 7. The Kier molecular flexibility index (Phi) is 5.23. The number of pyridine rings is 1. The Morgan fingerprint density at radius 2 is 1.61 bits per heavy atom. The maximum Gasteiger partial charge on any atom is 0.245 e. The Labute approximate surface area is 182 Å².